The topological polar surface area (TPSA) is 46.3 Å². The molecule has 1 aromatic rings. The Morgan fingerprint density at radius 3 is 2.87 bits per heavy atom. The van der Waals surface area contributed by atoms with Crippen molar-refractivity contribution in [2.24, 2.45) is 5.73 Å². The predicted molar refractivity (Wildman–Crippen MR) is 56.9 cm³/mol. The van der Waals surface area contributed by atoms with Crippen molar-refractivity contribution in [3.63, 3.8) is 0 Å². The van der Waals surface area contributed by atoms with Crippen molar-refractivity contribution in [1.29, 1.82) is 0 Å². The number of halogens is 2. The van der Waals surface area contributed by atoms with Crippen molar-refractivity contribution in [2.75, 3.05) is 13.6 Å². The highest BCUT2D eigenvalue weighted by Crippen LogP contribution is 2.16. The van der Waals surface area contributed by atoms with Gasteiger partial charge in [-0.1, -0.05) is 11.6 Å². The Bertz CT molecular complexity index is 370. The summed E-state index contributed by atoms with van der Waals surface area (Å²) in [5.41, 5.74) is 5.56. The second kappa shape index (κ2) is 5.09. The molecule has 1 amide bonds. The van der Waals surface area contributed by atoms with E-state index in [1.165, 1.54) is 23.1 Å². The number of hydrogen-bond donors (Lipinski definition) is 1. The fourth-order valence-corrected chi connectivity index (χ4v) is 1.36. The quantitative estimate of drug-likeness (QED) is 0.853. The lowest BCUT2D eigenvalue weighted by molar-refractivity contribution is -0.128. The van der Waals surface area contributed by atoms with Gasteiger partial charge in [0, 0.05) is 24.2 Å². The van der Waals surface area contributed by atoms with E-state index < -0.39 is 0 Å². The number of hydrogen-bond acceptors (Lipinski definition) is 2. The first-order valence-electron chi connectivity index (χ1n) is 4.42. The van der Waals surface area contributed by atoms with Gasteiger partial charge in [-0.15, -0.1) is 0 Å². The summed E-state index contributed by atoms with van der Waals surface area (Å²) < 4.78 is 13.3. The van der Waals surface area contributed by atoms with Gasteiger partial charge in [0.05, 0.1) is 6.54 Å². The predicted octanol–water partition coefficient (Wildman–Crippen LogP) is 1.40. The van der Waals surface area contributed by atoms with E-state index in [1.807, 2.05) is 0 Å². The first-order valence-corrected chi connectivity index (χ1v) is 4.80. The van der Waals surface area contributed by atoms with Crippen LogP contribution in [0.4, 0.5) is 4.39 Å². The Labute approximate surface area is 92.6 Å². The van der Waals surface area contributed by atoms with Crippen molar-refractivity contribution in [3.05, 3.63) is 34.6 Å². The SMILES string of the molecule is CN(Cc1cc(Cl)ccc1F)C(=O)CN. The minimum Gasteiger partial charge on any atom is -0.340 e. The molecule has 0 aromatic heterocycles. The highest BCUT2D eigenvalue weighted by molar-refractivity contribution is 6.30. The van der Waals surface area contributed by atoms with E-state index in [1.54, 1.807) is 7.05 Å². The molecule has 0 heterocycles. The van der Waals surface area contributed by atoms with E-state index in [0.717, 1.165) is 0 Å². The van der Waals surface area contributed by atoms with Gasteiger partial charge < -0.3 is 10.6 Å². The molecule has 0 saturated carbocycles. The lowest BCUT2D eigenvalue weighted by Crippen LogP contribution is -2.32. The zero-order valence-electron chi connectivity index (χ0n) is 8.34. The third-order valence-corrected chi connectivity index (χ3v) is 2.25. The Morgan fingerprint density at radius 2 is 2.27 bits per heavy atom. The molecule has 0 atom stereocenters. The molecule has 0 aliphatic rings. The minimum atomic E-state index is -0.379. The van der Waals surface area contributed by atoms with Gasteiger partial charge in [0.25, 0.3) is 0 Å². The van der Waals surface area contributed by atoms with Gasteiger partial charge in [-0.3, -0.25) is 4.79 Å². The highest BCUT2D eigenvalue weighted by atomic mass is 35.5. The number of nitrogens with zero attached hydrogens (tertiary/aromatic N) is 1. The maximum atomic E-state index is 13.3. The Kier molecular flexibility index (Phi) is 4.05. The number of carbonyl (C=O) groups excluding carboxylic acids is 1. The summed E-state index contributed by atoms with van der Waals surface area (Å²) in [6.07, 6.45) is 0. The minimum absolute atomic E-state index is 0.0846. The summed E-state index contributed by atoms with van der Waals surface area (Å²) >= 11 is 5.72. The second-order valence-corrected chi connectivity index (χ2v) is 3.63. The third kappa shape index (κ3) is 3.18. The summed E-state index contributed by atoms with van der Waals surface area (Å²) in [4.78, 5) is 12.5. The molecule has 15 heavy (non-hydrogen) atoms. The Balaban J connectivity index is 2.80. The molecule has 1 rings (SSSR count). The van der Waals surface area contributed by atoms with E-state index in [0.29, 0.717) is 10.6 Å². The molecule has 2 N–H and O–H groups in total. The van der Waals surface area contributed by atoms with Crippen LogP contribution in [-0.4, -0.2) is 24.4 Å². The number of carbonyl (C=O) groups is 1. The summed E-state index contributed by atoms with van der Waals surface area (Å²) in [5.74, 6) is -0.620. The largest absolute Gasteiger partial charge is 0.340 e. The fraction of sp³-hybridized carbons (Fsp3) is 0.300. The molecule has 0 aliphatic carbocycles. The van der Waals surface area contributed by atoms with Crippen LogP contribution >= 0.6 is 11.6 Å². The van der Waals surface area contributed by atoms with Crippen LogP contribution in [0.15, 0.2) is 18.2 Å². The highest BCUT2D eigenvalue weighted by Gasteiger charge is 2.10. The second-order valence-electron chi connectivity index (χ2n) is 3.19. The van der Waals surface area contributed by atoms with Gasteiger partial charge in [0.2, 0.25) is 5.91 Å². The summed E-state index contributed by atoms with van der Waals surface area (Å²) in [5, 5.41) is 0.444. The van der Waals surface area contributed by atoms with Gasteiger partial charge in [-0.05, 0) is 18.2 Å². The molecule has 0 unspecified atom stereocenters. The van der Waals surface area contributed by atoms with Crippen LogP contribution < -0.4 is 5.73 Å². The molecule has 0 saturated heterocycles. The number of amides is 1. The number of likely N-dealkylation sites (N-methyl/N-ethyl adjacent to an activating group) is 1. The van der Waals surface area contributed by atoms with E-state index >= 15 is 0 Å². The molecule has 82 valence electrons. The fourth-order valence-electron chi connectivity index (χ4n) is 1.16. The lowest BCUT2D eigenvalue weighted by Gasteiger charge is -2.16. The van der Waals surface area contributed by atoms with Gasteiger partial charge >= 0.3 is 0 Å². The summed E-state index contributed by atoms with van der Waals surface area (Å²) in [7, 11) is 1.57. The molecular formula is C10H12ClFN2O. The van der Waals surface area contributed by atoms with Crippen LogP contribution in [0.3, 0.4) is 0 Å². The van der Waals surface area contributed by atoms with Crippen LogP contribution in [0.2, 0.25) is 5.02 Å². The van der Waals surface area contributed by atoms with Crippen LogP contribution in [0.1, 0.15) is 5.56 Å². The van der Waals surface area contributed by atoms with Crippen molar-refractivity contribution in [2.45, 2.75) is 6.54 Å². The molecule has 3 nitrogen and oxygen atoms in total. The molecule has 0 radical (unpaired) electrons. The molecule has 0 fully saturated rings. The van der Waals surface area contributed by atoms with Gasteiger partial charge in [-0.2, -0.15) is 0 Å². The maximum absolute atomic E-state index is 13.3. The average Bonchev–Trinajstić information content (AvgIpc) is 2.22. The van der Waals surface area contributed by atoms with Crippen LogP contribution in [0.5, 0.6) is 0 Å². The lowest BCUT2D eigenvalue weighted by atomic mass is 10.2. The van der Waals surface area contributed by atoms with Crippen molar-refractivity contribution < 1.29 is 9.18 Å². The van der Waals surface area contributed by atoms with E-state index in [-0.39, 0.29) is 24.8 Å². The summed E-state index contributed by atoms with van der Waals surface area (Å²) in [6.45, 7) is 0.0844. The van der Waals surface area contributed by atoms with Crippen molar-refractivity contribution >= 4 is 17.5 Å². The summed E-state index contributed by atoms with van der Waals surface area (Å²) in [6, 6.07) is 4.24. The van der Waals surface area contributed by atoms with Crippen LogP contribution in [0.25, 0.3) is 0 Å². The Hall–Kier alpha value is -1.13. The van der Waals surface area contributed by atoms with Crippen LogP contribution in [-0.2, 0) is 11.3 Å². The van der Waals surface area contributed by atoms with E-state index in [2.05, 4.69) is 0 Å². The first kappa shape index (κ1) is 11.9. The zero-order chi connectivity index (χ0) is 11.4. The zero-order valence-corrected chi connectivity index (χ0v) is 9.09. The smallest absolute Gasteiger partial charge is 0.236 e. The molecule has 5 heteroatoms. The molecule has 0 aliphatic heterocycles. The third-order valence-electron chi connectivity index (χ3n) is 2.02. The molecule has 0 spiro atoms. The first-order chi connectivity index (χ1) is 7.04. The molecule has 0 bridgehead atoms. The van der Waals surface area contributed by atoms with Crippen molar-refractivity contribution in [3.8, 4) is 0 Å². The Morgan fingerprint density at radius 1 is 1.60 bits per heavy atom. The van der Waals surface area contributed by atoms with Crippen LogP contribution in [0, 0.1) is 5.82 Å². The molecule has 1 aromatic carbocycles. The monoisotopic (exact) mass is 230 g/mol. The maximum Gasteiger partial charge on any atom is 0.236 e. The van der Waals surface area contributed by atoms with Gasteiger partial charge in [-0.25, -0.2) is 4.39 Å². The number of benzene rings is 1. The van der Waals surface area contributed by atoms with E-state index in [4.69, 9.17) is 17.3 Å². The van der Waals surface area contributed by atoms with Gasteiger partial charge in [0.15, 0.2) is 0 Å². The number of rotatable bonds is 3. The van der Waals surface area contributed by atoms with Gasteiger partial charge in [0.1, 0.15) is 5.82 Å². The standard InChI is InChI=1S/C10H12ClFN2O/c1-14(10(15)5-13)6-7-4-8(11)2-3-9(7)12/h2-4H,5-6,13H2,1H3. The van der Waals surface area contributed by atoms with E-state index in [9.17, 15) is 9.18 Å². The average molecular weight is 231 g/mol. The number of nitrogens with two attached hydrogens (primary N) is 1. The normalized spacial score (nSPS) is 10.1. The molecular weight excluding hydrogens is 219 g/mol. The van der Waals surface area contributed by atoms with Crippen molar-refractivity contribution in [1.82, 2.24) is 4.90 Å².